The Morgan fingerprint density at radius 1 is 1.04 bits per heavy atom. The molecule has 2 aliphatic rings. The third-order valence-corrected chi connectivity index (χ3v) is 8.64. The summed E-state index contributed by atoms with van der Waals surface area (Å²) in [7, 11) is -7.99. The summed E-state index contributed by atoms with van der Waals surface area (Å²) in [4.78, 5) is 55.0. The lowest BCUT2D eigenvalue weighted by atomic mass is 10.1. The highest BCUT2D eigenvalue weighted by atomic mass is 32.7. The van der Waals surface area contributed by atoms with Gasteiger partial charge in [0.05, 0.1) is 32.2 Å². The predicted octanol–water partition coefficient (Wildman–Crippen LogP) is -0.227. The third kappa shape index (κ3) is 5.91. The van der Waals surface area contributed by atoms with E-state index in [9.17, 15) is 28.7 Å². The number of nitrogen functional groups attached to an aromatic ring is 1. The summed E-state index contributed by atoms with van der Waals surface area (Å²) in [6.07, 6.45) is -11.0. The quantitative estimate of drug-likeness (QED) is 0.0923. The van der Waals surface area contributed by atoms with Crippen molar-refractivity contribution in [3.8, 4) is 0 Å². The zero-order valence-electron chi connectivity index (χ0n) is 22.2. The molecule has 242 valence electrons. The molecule has 2 fully saturated rings. The smallest absolute Gasteiger partial charge is 0.394 e. The number of phosphoric ester groups is 1. The van der Waals surface area contributed by atoms with Crippen LogP contribution in [-0.2, 0) is 32.2 Å². The monoisotopic (exact) mass is 696 g/mol. The predicted molar refractivity (Wildman–Crippen MR) is 148 cm³/mol. The molecule has 2 unspecified atom stereocenters. The van der Waals surface area contributed by atoms with Crippen LogP contribution in [0.3, 0.4) is 0 Å². The van der Waals surface area contributed by atoms with Gasteiger partial charge in [-0.1, -0.05) is 0 Å². The number of ether oxygens (including phenoxy) is 2. The number of nitrogens with one attached hydrogen (secondary N) is 2. The molecule has 10 atom stereocenters. The molecule has 6 N–H and O–H groups in total. The molecular formula is C20H22F2N9O11P2S+. The molecule has 0 aromatic carbocycles. The Labute approximate surface area is 253 Å². The number of halogens is 2. The highest BCUT2D eigenvalue weighted by molar-refractivity contribution is 8.39. The summed E-state index contributed by atoms with van der Waals surface area (Å²) >= 11 is 3.64. The Bertz CT molecular complexity index is 1930. The van der Waals surface area contributed by atoms with E-state index < -0.39 is 88.6 Å². The Morgan fingerprint density at radius 3 is 2.40 bits per heavy atom. The van der Waals surface area contributed by atoms with Gasteiger partial charge in [-0.2, -0.15) is 4.98 Å². The summed E-state index contributed by atoms with van der Waals surface area (Å²) in [6, 6.07) is 0. The molecule has 4 aromatic heterocycles. The van der Waals surface area contributed by atoms with Crippen molar-refractivity contribution < 1.29 is 51.0 Å². The van der Waals surface area contributed by atoms with Gasteiger partial charge in [0.25, 0.3) is 11.1 Å². The Balaban J connectivity index is 1.23. The molecule has 2 saturated heterocycles. The first-order chi connectivity index (χ1) is 21.4. The topological polar surface area (TPSA) is 274 Å². The van der Waals surface area contributed by atoms with Crippen molar-refractivity contribution in [2.45, 2.75) is 49.2 Å². The second-order valence-electron chi connectivity index (χ2n) is 9.67. The molecule has 45 heavy (non-hydrogen) atoms. The number of fused-ring (bicyclic) bond motifs is 2. The molecule has 20 nitrogen and oxygen atoms in total. The van der Waals surface area contributed by atoms with Crippen LogP contribution in [-0.4, -0.2) is 99.0 Å². The number of aliphatic hydroxyl groups is 1. The minimum atomic E-state index is -5.27. The molecule has 0 aliphatic carbocycles. The molecule has 6 rings (SSSR count). The number of imidazole rings is 2. The van der Waals surface area contributed by atoms with Gasteiger partial charge in [-0.15, -0.1) is 4.52 Å². The molecule has 0 bridgehead atoms. The molecule has 0 radical (unpaired) electrons. The summed E-state index contributed by atoms with van der Waals surface area (Å²) < 4.78 is 84.2. The number of rotatable bonds is 10. The van der Waals surface area contributed by atoms with Crippen LogP contribution >= 0.6 is 27.3 Å². The Morgan fingerprint density at radius 2 is 1.71 bits per heavy atom. The van der Waals surface area contributed by atoms with Crippen molar-refractivity contribution in [2.75, 3.05) is 18.9 Å². The first kappa shape index (κ1) is 31.7. The van der Waals surface area contributed by atoms with Gasteiger partial charge in [0.15, 0.2) is 53.2 Å². The average molecular weight is 696 g/mol. The van der Waals surface area contributed by atoms with E-state index in [1.807, 2.05) is 0 Å². The highest BCUT2D eigenvalue weighted by Crippen LogP contribution is 2.51. The largest absolute Gasteiger partial charge is 0.582 e. The van der Waals surface area contributed by atoms with Crippen LogP contribution in [0.2, 0.25) is 0 Å². The third-order valence-electron chi connectivity index (χ3n) is 6.94. The number of hydrogen-bond donors (Lipinski definition) is 6. The van der Waals surface area contributed by atoms with Crippen LogP contribution in [0, 0.1) is 0 Å². The molecule has 4 aromatic rings. The van der Waals surface area contributed by atoms with E-state index >= 15 is 8.78 Å². The number of thiol groups is 1. The van der Waals surface area contributed by atoms with Gasteiger partial charge in [-0.3, -0.25) is 32.8 Å². The van der Waals surface area contributed by atoms with E-state index in [1.165, 1.54) is 0 Å². The van der Waals surface area contributed by atoms with E-state index in [-0.39, 0.29) is 28.3 Å². The van der Waals surface area contributed by atoms with Crippen LogP contribution < -0.4 is 16.9 Å². The number of aliphatic hydroxyl groups excluding tert-OH is 1. The van der Waals surface area contributed by atoms with Crippen molar-refractivity contribution in [1.29, 1.82) is 0 Å². The molecular weight excluding hydrogens is 674 g/mol. The van der Waals surface area contributed by atoms with Crippen LogP contribution in [0.1, 0.15) is 12.5 Å². The number of hydrogen-bond acceptors (Lipinski definition) is 15. The standard InChI is InChI=1S/C20H21F2N9O11P2S/c21-8-6(1-32)39-19(31-5-27-11-15(31)28-20(23)29-17(11)34)13(8)42-44(36,37)38-2-7-12(41-43(35)45)9(22)18(40-7)30-4-26-10-14(30)24-3-25-16(10)33/h3-9,12-13,18-19,32H,1-2H2,(H5-,23,24,25,28,29,33,34,35,36,37,45)/p+1/t6-,7-,8-,9+,12-,13-,18-,19-/m1/s1. The Hall–Kier alpha value is -3.24. The molecule has 6 heterocycles. The number of anilines is 1. The summed E-state index contributed by atoms with van der Waals surface area (Å²) in [5, 5.41) is 9.60. The van der Waals surface area contributed by atoms with E-state index in [0.29, 0.717) is 0 Å². The fourth-order valence-electron chi connectivity index (χ4n) is 4.99. The second kappa shape index (κ2) is 12.2. The second-order valence-corrected chi connectivity index (χ2v) is 12.7. The fraction of sp³-hybridized carbons (Fsp3) is 0.500. The van der Waals surface area contributed by atoms with Crippen LogP contribution in [0.25, 0.3) is 22.3 Å². The van der Waals surface area contributed by atoms with Crippen LogP contribution in [0.5, 0.6) is 0 Å². The van der Waals surface area contributed by atoms with Crippen molar-refractivity contribution in [3.05, 3.63) is 39.7 Å². The zero-order chi connectivity index (χ0) is 32.2. The van der Waals surface area contributed by atoms with Crippen molar-refractivity contribution in [3.63, 3.8) is 0 Å². The van der Waals surface area contributed by atoms with Crippen molar-refractivity contribution in [2.24, 2.45) is 0 Å². The summed E-state index contributed by atoms with van der Waals surface area (Å²) in [5.74, 6) is -0.316. The number of nitrogens with two attached hydrogens (primary N) is 1. The maximum Gasteiger partial charge on any atom is 0.582 e. The van der Waals surface area contributed by atoms with Gasteiger partial charge in [0.2, 0.25) is 5.95 Å². The van der Waals surface area contributed by atoms with Gasteiger partial charge in [-0.25, -0.2) is 28.3 Å². The molecule has 0 spiro atoms. The molecule has 0 amide bonds. The fourth-order valence-corrected chi connectivity index (χ4v) is 6.70. The molecule has 25 heteroatoms. The Kier molecular flexibility index (Phi) is 8.58. The van der Waals surface area contributed by atoms with Crippen LogP contribution in [0.15, 0.2) is 28.6 Å². The van der Waals surface area contributed by atoms with E-state index in [2.05, 4.69) is 42.2 Å². The normalized spacial score (nSPS) is 30.3. The zero-order valence-corrected chi connectivity index (χ0v) is 24.9. The van der Waals surface area contributed by atoms with E-state index in [0.717, 1.165) is 28.1 Å². The number of H-pyrrole nitrogens is 2. The average Bonchev–Trinajstić information content (AvgIpc) is 3.73. The van der Waals surface area contributed by atoms with E-state index in [1.54, 1.807) is 0 Å². The summed E-state index contributed by atoms with van der Waals surface area (Å²) in [6.45, 7) is -1.79. The van der Waals surface area contributed by atoms with Gasteiger partial charge in [0, 0.05) is 0 Å². The lowest BCUT2D eigenvalue weighted by Crippen LogP contribution is -2.34. The SMILES string of the molecule is Nc1nc2c(ncn2[C@@H]2O[C@H](CO)[C@@H](F)[C@H]2OP(=O)(O)OC[C@H]2O[C@@H](n3cnc4c(=O)[nH]cnc43)[C@@H](F)[C@@H]2O[P+](=O)S)c(=O)[nH]1. The number of nitrogens with zero attached hydrogens (tertiary/aromatic N) is 6. The van der Waals surface area contributed by atoms with Gasteiger partial charge in [-0.05, 0) is 4.57 Å². The number of aromatic amines is 2. The van der Waals surface area contributed by atoms with Crippen LogP contribution in [0.4, 0.5) is 14.7 Å². The molecule has 0 saturated carbocycles. The lowest BCUT2D eigenvalue weighted by Gasteiger charge is -2.24. The van der Waals surface area contributed by atoms with Gasteiger partial charge >= 0.3 is 15.1 Å². The molecule has 2 aliphatic heterocycles. The van der Waals surface area contributed by atoms with Crippen molar-refractivity contribution >= 4 is 55.6 Å². The highest BCUT2D eigenvalue weighted by Gasteiger charge is 2.54. The minimum Gasteiger partial charge on any atom is -0.394 e. The van der Waals surface area contributed by atoms with Crippen molar-refractivity contribution in [1.82, 2.24) is 39.0 Å². The van der Waals surface area contributed by atoms with Gasteiger partial charge < -0.3 is 30.2 Å². The number of phosphoric acid groups is 1. The maximum atomic E-state index is 15.6. The van der Waals surface area contributed by atoms with E-state index in [4.69, 9.17) is 28.8 Å². The maximum absolute atomic E-state index is 15.6. The minimum absolute atomic E-state index is 0.0666. The number of aromatic nitrogens is 8. The van der Waals surface area contributed by atoms with Gasteiger partial charge in [0.1, 0.15) is 30.6 Å². The summed E-state index contributed by atoms with van der Waals surface area (Å²) in [5.41, 5.74) is 3.65. The first-order valence-electron chi connectivity index (χ1n) is 12.7. The number of alkyl halides is 2. The lowest BCUT2D eigenvalue weighted by molar-refractivity contribution is -0.0585. The first-order valence-corrected chi connectivity index (χ1v) is 16.5.